The number of anilines is 1. The van der Waals surface area contributed by atoms with Crippen molar-refractivity contribution in [1.29, 1.82) is 0 Å². The highest BCUT2D eigenvalue weighted by Gasteiger charge is 2.31. The van der Waals surface area contributed by atoms with Crippen molar-refractivity contribution in [3.05, 3.63) is 54.4 Å². The van der Waals surface area contributed by atoms with E-state index >= 15 is 0 Å². The van der Waals surface area contributed by atoms with Gasteiger partial charge in [-0.3, -0.25) is 0 Å². The zero-order valence-corrected chi connectivity index (χ0v) is 15.3. The maximum atomic E-state index is 6.16. The first-order valence-electron chi connectivity index (χ1n) is 9.67. The Kier molecular flexibility index (Phi) is 3.44. The summed E-state index contributed by atoms with van der Waals surface area (Å²) in [5, 5.41) is 1.02. The van der Waals surface area contributed by atoms with E-state index in [2.05, 4.69) is 27.0 Å². The molecule has 4 heterocycles. The lowest BCUT2D eigenvalue weighted by atomic mass is 10.0. The average molecular weight is 373 g/mol. The standard InChI is InChI=1S/C22H19N3O3/c1-2-6-17-15(4-1)20-21(28-17)22(24-13-23-20)25-9-3-5-16(25)14-7-8-18-19(12-14)27-11-10-26-18/h1-2,4,6-8,12-13,16H,3,5,9-11H2/t16-/m1/s1. The molecule has 1 atom stereocenters. The summed E-state index contributed by atoms with van der Waals surface area (Å²) in [5.41, 5.74) is 3.68. The van der Waals surface area contributed by atoms with Gasteiger partial charge in [-0.25, -0.2) is 9.97 Å². The minimum Gasteiger partial charge on any atom is -0.486 e. The molecule has 0 spiro atoms. The Morgan fingerprint density at radius 2 is 1.86 bits per heavy atom. The highest BCUT2D eigenvalue weighted by molar-refractivity contribution is 6.05. The number of ether oxygens (including phenoxy) is 2. The Morgan fingerprint density at radius 3 is 2.82 bits per heavy atom. The van der Waals surface area contributed by atoms with Gasteiger partial charge in [-0.1, -0.05) is 18.2 Å². The summed E-state index contributed by atoms with van der Waals surface area (Å²) < 4.78 is 17.6. The lowest BCUT2D eigenvalue weighted by Gasteiger charge is -2.27. The van der Waals surface area contributed by atoms with Gasteiger partial charge in [0.1, 0.15) is 30.6 Å². The predicted octanol–water partition coefficient (Wildman–Crippen LogP) is 4.49. The van der Waals surface area contributed by atoms with Crippen LogP contribution < -0.4 is 14.4 Å². The molecule has 0 N–H and O–H groups in total. The molecule has 6 rings (SSSR count). The van der Waals surface area contributed by atoms with Gasteiger partial charge in [0.05, 0.1) is 6.04 Å². The van der Waals surface area contributed by atoms with E-state index in [-0.39, 0.29) is 6.04 Å². The van der Waals surface area contributed by atoms with Crippen molar-refractivity contribution in [3.63, 3.8) is 0 Å². The Labute approximate surface area is 161 Å². The van der Waals surface area contributed by atoms with Crippen LogP contribution in [0.25, 0.3) is 22.1 Å². The van der Waals surface area contributed by atoms with Crippen LogP contribution in [-0.4, -0.2) is 29.7 Å². The van der Waals surface area contributed by atoms with E-state index in [9.17, 15) is 0 Å². The summed E-state index contributed by atoms with van der Waals surface area (Å²) >= 11 is 0. The summed E-state index contributed by atoms with van der Waals surface area (Å²) in [7, 11) is 0. The molecule has 1 fully saturated rings. The quantitative estimate of drug-likeness (QED) is 0.516. The maximum Gasteiger partial charge on any atom is 0.196 e. The van der Waals surface area contributed by atoms with Crippen molar-refractivity contribution < 1.29 is 13.9 Å². The Bertz CT molecular complexity index is 1190. The minimum absolute atomic E-state index is 0.224. The van der Waals surface area contributed by atoms with Crippen molar-refractivity contribution in [2.45, 2.75) is 18.9 Å². The molecule has 1 saturated heterocycles. The van der Waals surface area contributed by atoms with E-state index in [0.717, 1.165) is 58.8 Å². The average Bonchev–Trinajstić information content (AvgIpc) is 3.38. The van der Waals surface area contributed by atoms with Crippen molar-refractivity contribution in [3.8, 4) is 11.5 Å². The number of furan rings is 1. The second-order valence-electron chi connectivity index (χ2n) is 7.23. The molecule has 0 radical (unpaired) electrons. The predicted molar refractivity (Wildman–Crippen MR) is 106 cm³/mol. The summed E-state index contributed by atoms with van der Waals surface area (Å²) in [6.45, 7) is 2.13. The second kappa shape index (κ2) is 6.12. The third kappa shape index (κ3) is 2.34. The van der Waals surface area contributed by atoms with Gasteiger partial charge in [0.2, 0.25) is 0 Å². The smallest absolute Gasteiger partial charge is 0.196 e. The molecule has 0 saturated carbocycles. The Morgan fingerprint density at radius 1 is 0.964 bits per heavy atom. The first-order chi connectivity index (χ1) is 13.9. The van der Waals surface area contributed by atoms with Crippen LogP contribution in [0.1, 0.15) is 24.4 Å². The Balaban J connectivity index is 1.45. The second-order valence-corrected chi connectivity index (χ2v) is 7.23. The SMILES string of the molecule is c1ccc2c(c1)oc1c(N3CCC[C@@H]3c3ccc4c(c3)OCCO4)ncnc12. The van der Waals surface area contributed by atoms with E-state index < -0.39 is 0 Å². The van der Waals surface area contributed by atoms with Gasteiger partial charge in [-0.15, -0.1) is 0 Å². The number of fused-ring (bicyclic) bond motifs is 4. The highest BCUT2D eigenvalue weighted by atomic mass is 16.6. The topological polar surface area (TPSA) is 60.6 Å². The van der Waals surface area contributed by atoms with Crippen LogP contribution in [0.4, 0.5) is 5.82 Å². The van der Waals surface area contributed by atoms with Gasteiger partial charge in [-0.05, 0) is 42.7 Å². The largest absolute Gasteiger partial charge is 0.486 e. The third-order valence-electron chi connectivity index (χ3n) is 5.62. The fourth-order valence-corrected chi connectivity index (χ4v) is 4.35. The molecule has 0 bridgehead atoms. The van der Waals surface area contributed by atoms with Crippen molar-refractivity contribution in [1.82, 2.24) is 9.97 Å². The van der Waals surface area contributed by atoms with Gasteiger partial charge in [0.25, 0.3) is 0 Å². The highest BCUT2D eigenvalue weighted by Crippen LogP contribution is 2.42. The van der Waals surface area contributed by atoms with Crippen molar-refractivity contribution in [2.24, 2.45) is 0 Å². The molecule has 2 aromatic heterocycles. The number of para-hydroxylation sites is 1. The molecule has 4 aromatic rings. The van der Waals surface area contributed by atoms with Gasteiger partial charge >= 0.3 is 0 Å². The number of hydrogen-bond donors (Lipinski definition) is 0. The maximum absolute atomic E-state index is 6.16. The lowest BCUT2D eigenvalue weighted by Crippen LogP contribution is -2.24. The first-order valence-corrected chi connectivity index (χ1v) is 9.67. The number of hydrogen-bond acceptors (Lipinski definition) is 6. The van der Waals surface area contributed by atoms with E-state index in [0.29, 0.717) is 13.2 Å². The molecule has 0 aliphatic carbocycles. The molecule has 2 aromatic carbocycles. The van der Waals surface area contributed by atoms with Crippen molar-refractivity contribution >= 4 is 27.9 Å². The van der Waals surface area contributed by atoms with Crippen LogP contribution in [0.15, 0.2) is 53.2 Å². The zero-order chi connectivity index (χ0) is 18.5. The summed E-state index contributed by atoms with van der Waals surface area (Å²) in [6.07, 6.45) is 3.80. The first kappa shape index (κ1) is 15.7. The molecular weight excluding hydrogens is 354 g/mol. The summed E-state index contributed by atoms with van der Waals surface area (Å²) in [6, 6.07) is 14.5. The summed E-state index contributed by atoms with van der Waals surface area (Å²) in [5.74, 6) is 2.51. The number of nitrogens with zero attached hydrogens (tertiary/aromatic N) is 3. The fraction of sp³-hybridized carbons (Fsp3) is 0.273. The van der Waals surface area contributed by atoms with Crippen LogP contribution in [0.5, 0.6) is 11.5 Å². The van der Waals surface area contributed by atoms with E-state index in [1.807, 2.05) is 30.3 Å². The molecule has 6 nitrogen and oxygen atoms in total. The Hall–Kier alpha value is -3.28. The van der Waals surface area contributed by atoms with Gasteiger partial charge in [-0.2, -0.15) is 0 Å². The van der Waals surface area contributed by atoms with Gasteiger partial charge in [0.15, 0.2) is 22.9 Å². The van der Waals surface area contributed by atoms with E-state index in [1.165, 1.54) is 5.56 Å². The van der Waals surface area contributed by atoms with Crippen LogP contribution >= 0.6 is 0 Å². The third-order valence-corrected chi connectivity index (χ3v) is 5.62. The zero-order valence-electron chi connectivity index (χ0n) is 15.3. The minimum atomic E-state index is 0.224. The molecular formula is C22H19N3O3. The molecule has 140 valence electrons. The van der Waals surface area contributed by atoms with Gasteiger partial charge in [0, 0.05) is 11.9 Å². The monoisotopic (exact) mass is 373 g/mol. The molecule has 2 aliphatic heterocycles. The van der Waals surface area contributed by atoms with E-state index in [1.54, 1.807) is 6.33 Å². The van der Waals surface area contributed by atoms with Crippen molar-refractivity contribution in [2.75, 3.05) is 24.7 Å². The van der Waals surface area contributed by atoms with Gasteiger partial charge < -0.3 is 18.8 Å². The molecule has 6 heteroatoms. The summed E-state index contributed by atoms with van der Waals surface area (Å²) in [4.78, 5) is 11.4. The van der Waals surface area contributed by atoms with Crippen LogP contribution in [0, 0.1) is 0 Å². The lowest BCUT2D eigenvalue weighted by molar-refractivity contribution is 0.171. The van der Waals surface area contributed by atoms with Crippen LogP contribution in [-0.2, 0) is 0 Å². The van der Waals surface area contributed by atoms with Crippen LogP contribution in [0.2, 0.25) is 0 Å². The fourth-order valence-electron chi connectivity index (χ4n) is 4.35. The number of rotatable bonds is 2. The molecule has 2 aliphatic rings. The van der Waals surface area contributed by atoms with E-state index in [4.69, 9.17) is 13.9 Å². The number of benzene rings is 2. The molecule has 0 unspecified atom stereocenters. The normalized spacial score (nSPS) is 18.9. The molecule has 28 heavy (non-hydrogen) atoms. The number of aromatic nitrogens is 2. The molecule has 0 amide bonds. The van der Waals surface area contributed by atoms with Crippen LogP contribution in [0.3, 0.4) is 0 Å².